The van der Waals surface area contributed by atoms with Gasteiger partial charge >= 0.3 is 0 Å². The number of benzene rings is 1. The van der Waals surface area contributed by atoms with Gasteiger partial charge in [0.15, 0.2) is 0 Å². The number of hydrogen-bond donors (Lipinski definition) is 1. The van der Waals surface area contributed by atoms with Crippen molar-refractivity contribution in [3.63, 3.8) is 0 Å². The monoisotopic (exact) mass is 239 g/mol. The van der Waals surface area contributed by atoms with E-state index in [4.69, 9.17) is 4.74 Å². The second-order valence-electron chi connectivity index (χ2n) is 4.41. The van der Waals surface area contributed by atoms with E-state index in [0.717, 1.165) is 18.4 Å². The molecule has 2 nitrogen and oxygen atoms in total. The van der Waals surface area contributed by atoms with E-state index in [9.17, 15) is 4.39 Å². The van der Waals surface area contributed by atoms with Crippen LogP contribution >= 0.6 is 0 Å². The number of aryl methyl sites for hydroxylation is 1. The normalized spacial score (nSPS) is 12.7. The predicted molar refractivity (Wildman–Crippen MR) is 68.5 cm³/mol. The van der Waals surface area contributed by atoms with Gasteiger partial charge in [-0.05, 0) is 30.5 Å². The van der Waals surface area contributed by atoms with E-state index in [1.54, 1.807) is 20.1 Å². The van der Waals surface area contributed by atoms with Crippen LogP contribution in [0.3, 0.4) is 0 Å². The van der Waals surface area contributed by atoms with Crippen LogP contribution in [0.5, 0.6) is 0 Å². The molecule has 0 aliphatic rings. The molecule has 0 amide bonds. The fourth-order valence-electron chi connectivity index (χ4n) is 1.80. The van der Waals surface area contributed by atoms with Gasteiger partial charge in [-0.15, -0.1) is 0 Å². The molecule has 1 atom stereocenters. The van der Waals surface area contributed by atoms with E-state index in [1.165, 1.54) is 0 Å². The smallest absolute Gasteiger partial charge is 0.126 e. The highest BCUT2D eigenvalue weighted by atomic mass is 19.1. The number of hydrogen-bond acceptors (Lipinski definition) is 2. The Labute approximate surface area is 103 Å². The summed E-state index contributed by atoms with van der Waals surface area (Å²) in [5, 5.41) is 3.39. The van der Waals surface area contributed by atoms with Gasteiger partial charge in [0, 0.05) is 19.7 Å². The lowest BCUT2D eigenvalue weighted by atomic mass is 10.1. The maximum absolute atomic E-state index is 13.3. The Morgan fingerprint density at radius 2 is 2.18 bits per heavy atom. The Balaban J connectivity index is 2.49. The van der Waals surface area contributed by atoms with Gasteiger partial charge in [-0.25, -0.2) is 4.39 Å². The van der Waals surface area contributed by atoms with Crippen molar-refractivity contribution in [3.8, 4) is 0 Å². The predicted octanol–water partition coefficient (Wildman–Crippen LogP) is 3.04. The zero-order chi connectivity index (χ0) is 12.7. The van der Waals surface area contributed by atoms with Crippen LogP contribution < -0.4 is 5.32 Å². The summed E-state index contributed by atoms with van der Waals surface area (Å²) in [6.07, 6.45) is 2.19. The first-order valence-corrected chi connectivity index (χ1v) is 6.14. The lowest BCUT2D eigenvalue weighted by Crippen LogP contribution is -2.32. The summed E-state index contributed by atoms with van der Waals surface area (Å²) in [4.78, 5) is 0. The van der Waals surface area contributed by atoms with Crippen molar-refractivity contribution in [2.75, 3.05) is 13.7 Å². The zero-order valence-electron chi connectivity index (χ0n) is 10.9. The van der Waals surface area contributed by atoms with Crippen molar-refractivity contribution in [2.45, 2.75) is 39.3 Å². The fourth-order valence-corrected chi connectivity index (χ4v) is 1.80. The van der Waals surface area contributed by atoms with Gasteiger partial charge in [0.25, 0.3) is 0 Å². The van der Waals surface area contributed by atoms with Gasteiger partial charge in [-0.3, -0.25) is 0 Å². The Hall–Kier alpha value is -0.930. The van der Waals surface area contributed by atoms with Crippen molar-refractivity contribution >= 4 is 0 Å². The lowest BCUT2D eigenvalue weighted by molar-refractivity contribution is 0.161. The highest BCUT2D eigenvalue weighted by molar-refractivity contribution is 5.23. The summed E-state index contributed by atoms with van der Waals surface area (Å²) >= 11 is 0. The zero-order valence-corrected chi connectivity index (χ0v) is 10.9. The number of halogens is 1. The summed E-state index contributed by atoms with van der Waals surface area (Å²) in [5.74, 6) is -0.136. The van der Waals surface area contributed by atoms with Crippen LogP contribution in [-0.4, -0.2) is 19.8 Å². The highest BCUT2D eigenvalue weighted by Gasteiger charge is 2.07. The van der Waals surface area contributed by atoms with Crippen LogP contribution in [0, 0.1) is 12.7 Å². The molecule has 1 N–H and O–H groups in total. The van der Waals surface area contributed by atoms with E-state index in [0.29, 0.717) is 24.8 Å². The van der Waals surface area contributed by atoms with Gasteiger partial charge in [0.1, 0.15) is 5.82 Å². The first-order valence-electron chi connectivity index (χ1n) is 6.14. The van der Waals surface area contributed by atoms with Crippen LogP contribution in [-0.2, 0) is 11.3 Å². The first kappa shape index (κ1) is 14.1. The summed E-state index contributed by atoms with van der Waals surface area (Å²) in [7, 11) is 1.70. The van der Waals surface area contributed by atoms with E-state index < -0.39 is 0 Å². The Morgan fingerprint density at radius 1 is 1.41 bits per heavy atom. The summed E-state index contributed by atoms with van der Waals surface area (Å²) in [6.45, 7) is 5.31. The molecule has 0 aromatic heterocycles. The van der Waals surface area contributed by atoms with Crippen LogP contribution in [0.4, 0.5) is 4.39 Å². The molecule has 0 radical (unpaired) electrons. The average molecular weight is 239 g/mol. The molecule has 1 unspecified atom stereocenters. The lowest BCUT2D eigenvalue weighted by Gasteiger charge is -2.17. The fraction of sp³-hybridized carbons (Fsp3) is 0.571. The minimum absolute atomic E-state index is 0.136. The Bertz CT molecular complexity index is 335. The number of methoxy groups -OCH3 is 1. The number of rotatable bonds is 7. The van der Waals surface area contributed by atoms with Crippen LogP contribution in [0.15, 0.2) is 18.2 Å². The third-order valence-electron chi connectivity index (χ3n) is 2.84. The van der Waals surface area contributed by atoms with Crippen molar-refractivity contribution in [1.82, 2.24) is 5.32 Å². The summed E-state index contributed by atoms with van der Waals surface area (Å²) in [5.41, 5.74) is 1.67. The van der Waals surface area contributed by atoms with Crippen LogP contribution in [0.25, 0.3) is 0 Å². The molecule has 0 heterocycles. The second kappa shape index (κ2) is 7.41. The van der Waals surface area contributed by atoms with Crippen molar-refractivity contribution in [3.05, 3.63) is 35.1 Å². The molecule has 96 valence electrons. The highest BCUT2D eigenvalue weighted by Crippen LogP contribution is 2.09. The minimum Gasteiger partial charge on any atom is -0.383 e. The maximum atomic E-state index is 13.3. The van der Waals surface area contributed by atoms with Gasteiger partial charge in [0.2, 0.25) is 0 Å². The average Bonchev–Trinajstić information content (AvgIpc) is 2.31. The third-order valence-corrected chi connectivity index (χ3v) is 2.84. The molecule has 0 saturated carbocycles. The molecule has 1 aromatic carbocycles. The van der Waals surface area contributed by atoms with E-state index in [-0.39, 0.29) is 5.82 Å². The number of nitrogens with one attached hydrogen (secondary N) is 1. The molecular weight excluding hydrogens is 217 g/mol. The second-order valence-corrected chi connectivity index (χ2v) is 4.41. The molecule has 0 saturated heterocycles. The van der Waals surface area contributed by atoms with Gasteiger partial charge in [-0.2, -0.15) is 0 Å². The van der Waals surface area contributed by atoms with Crippen molar-refractivity contribution < 1.29 is 9.13 Å². The molecule has 0 bridgehead atoms. The van der Waals surface area contributed by atoms with Gasteiger partial charge in [-0.1, -0.05) is 25.5 Å². The largest absolute Gasteiger partial charge is 0.383 e. The van der Waals surface area contributed by atoms with Crippen LogP contribution in [0.1, 0.15) is 30.9 Å². The van der Waals surface area contributed by atoms with Gasteiger partial charge < -0.3 is 10.1 Å². The topological polar surface area (TPSA) is 21.3 Å². The van der Waals surface area contributed by atoms with E-state index in [2.05, 4.69) is 12.2 Å². The molecule has 0 fully saturated rings. The van der Waals surface area contributed by atoms with Crippen molar-refractivity contribution in [1.29, 1.82) is 0 Å². The van der Waals surface area contributed by atoms with E-state index in [1.807, 2.05) is 12.1 Å². The summed E-state index contributed by atoms with van der Waals surface area (Å²) in [6, 6.07) is 5.71. The van der Waals surface area contributed by atoms with Crippen LogP contribution in [0.2, 0.25) is 0 Å². The molecule has 0 aliphatic heterocycles. The molecular formula is C14H22FNO. The Kier molecular flexibility index (Phi) is 6.16. The van der Waals surface area contributed by atoms with Gasteiger partial charge in [0.05, 0.1) is 6.61 Å². The number of ether oxygens (including phenoxy) is 1. The standard InChI is InChI=1S/C14H22FNO/c1-4-5-13(10-17-3)16-9-12-7-6-11(2)14(15)8-12/h6-8,13,16H,4-5,9-10H2,1-3H3. The SMILES string of the molecule is CCCC(COC)NCc1ccc(C)c(F)c1. The molecule has 1 rings (SSSR count). The molecule has 1 aromatic rings. The Morgan fingerprint density at radius 3 is 2.76 bits per heavy atom. The quantitative estimate of drug-likeness (QED) is 0.789. The van der Waals surface area contributed by atoms with Crippen molar-refractivity contribution in [2.24, 2.45) is 0 Å². The first-order chi connectivity index (χ1) is 8.17. The molecule has 0 aliphatic carbocycles. The molecule has 0 spiro atoms. The molecule has 3 heteroatoms. The van der Waals surface area contributed by atoms with E-state index >= 15 is 0 Å². The minimum atomic E-state index is -0.136. The maximum Gasteiger partial charge on any atom is 0.126 e. The summed E-state index contributed by atoms with van der Waals surface area (Å²) < 4.78 is 18.5. The third kappa shape index (κ3) is 4.84. The molecule has 17 heavy (non-hydrogen) atoms.